The molecule has 0 unspecified atom stereocenters. The number of ether oxygens (including phenoxy) is 4. The smallest absolute Gasteiger partial charge is 0.305 e. The van der Waals surface area contributed by atoms with Crippen molar-refractivity contribution in [2.75, 3.05) is 12.3 Å². The second-order valence-corrected chi connectivity index (χ2v) is 9.98. The van der Waals surface area contributed by atoms with E-state index in [-0.39, 0.29) is 24.4 Å². The molecule has 4 rings (SSSR count). The molecule has 2 N–H and O–H groups in total. The Kier molecular flexibility index (Phi) is 5.40. The fraction of sp³-hybridized carbons (Fsp3) is 0.636. The van der Waals surface area contributed by atoms with Gasteiger partial charge in [0.1, 0.15) is 42.8 Å². The van der Waals surface area contributed by atoms with Gasteiger partial charge in [0.25, 0.3) is 0 Å². The first-order chi connectivity index (χ1) is 14.9. The van der Waals surface area contributed by atoms with Crippen LogP contribution in [0.5, 0.6) is 0 Å². The minimum absolute atomic E-state index is 0.00181. The van der Waals surface area contributed by atoms with Gasteiger partial charge < -0.3 is 24.7 Å². The number of nitrogens with two attached hydrogens (primary N) is 1. The highest BCUT2D eigenvalue weighted by atomic mass is 16.8. The number of rotatable bonds is 5. The second-order valence-electron chi connectivity index (χ2n) is 9.98. The summed E-state index contributed by atoms with van der Waals surface area (Å²) in [6.07, 6.45) is 0.227. The molecule has 4 heterocycles. The Balaban J connectivity index is 1.61. The van der Waals surface area contributed by atoms with Crippen molar-refractivity contribution in [3.63, 3.8) is 0 Å². The van der Waals surface area contributed by atoms with E-state index in [0.717, 1.165) is 0 Å². The zero-order valence-electron chi connectivity index (χ0n) is 19.0. The lowest BCUT2D eigenvalue weighted by atomic mass is 9.91. The molecule has 0 aromatic carbocycles. The van der Waals surface area contributed by atoms with Gasteiger partial charge in [0.2, 0.25) is 5.60 Å². The fourth-order valence-electron chi connectivity index (χ4n) is 4.12. The number of hydrogen-bond acceptors (Lipinski definition) is 9. The van der Waals surface area contributed by atoms with Crippen molar-refractivity contribution >= 4 is 17.3 Å². The van der Waals surface area contributed by atoms with Gasteiger partial charge in [0, 0.05) is 6.42 Å². The molecular formula is C22H29N5O5. The van der Waals surface area contributed by atoms with Gasteiger partial charge in [0.15, 0.2) is 11.6 Å². The molecule has 2 aliphatic rings. The number of aromatic nitrogens is 3. The minimum Gasteiger partial charge on any atom is -0.461 e. The molecule has 10 nitrogen and oxygen atoms in total. The van der Waals surface area contributed by atoms with Crippen molar-refractivity contribution < 1.29 is 23.7 Å². The van der Waals surface area contributed by atoms with Gasteiger partial charge in [-0.1, -0.05) is 20.8 Å². The molecule has 2 saturated heterocycles. The van der Waals surface area contributed by atoms with E-state index >= 15 is 0 Å². The van der Waals surface area contributed by atoms with Crippen LogP contribution in [0.4, 0.5) is 5.82 Å². The Morgan fingerprint density at radius 2 is 2.06 bits per heavy atom. The highest BCUT2D eigenvalue weighted by Gasteiger charge is 2.65. The highest BCUT2D eigenvalue weighted by Crippen LogP contribution is 2.50. The molecule has 0 saturated carbocycles. The van der Waals surface area contributed by atoms with E-state index in [1.165, 1.54) is 6.33 Å². The Bertz CT molecular complexity index is 1070. The quantitative estimate of drug-likeness (QED) is 0.692. The summed E-state index contributed by atoms with van der Waals surface area (Å²) in [5.74, 6) is -0.995. The van der Waals surface area contributed by atoms with Gasteiger partial charge in [-0.2, -0.15) is 10.4 Å². The van der Waals surface area contributed by atoms with Crippen LogP contribution in [0, 0.1) is 16.7 Å². The molecule has 2 aromatic rings. The summed E-state index contributed by atoms with van der Waals surface area (Å²) in [4.78, 5) is 16.4. The van der Waals surface area contributed by atoms with Crippen LogP contribution < -0.4 is 5.73 Å². The average molecular weight is 444 g/mol. The topological polar surface area (TPSA) is 134 Å². The van der Waals surface area contributed by atoms with Crippen LogP contribution in [0.2, 0.25) is 0 Å². The molecule has 172 valence electrons. The van der Waals surface area contributed by atoms with E-state index in [1.54, 1.807) is 30.5 Å². The monoisotopic (exact) mass is 443 g/mol. The van der Waals surface area contributed by atoms with Crippen LogP contribution in [0.15, 0.2) is 18.5 Å². The highest BCUT2D eigenvalue weighted by molar-refractivity contribution is 5.69. The molecule has 0 aliphatic carbocycles. The van der Waals surface area contributed by atoms with E-state index in [2.05, 4.69) is 36.9 Å². The minimum atomic E-state index is -1.52. The summed E-state index contributed by atoms with van der Waals surface area (Å²) >= 11 is 0. The summed E-state index contributed by atoms with van der Waals surface area (Å²) in [6.45, 7) is 9.44. The van der Waals surface area contributed by atoms with Crippen LogP contribution >= 0.6 is 0 Å². The predicted octanol–water partition coefficient (Wildman–Crippen LogP) is 2.53. The predicted molar refractivity (Wildman–Crippen MR) is 113 cm³/mol. The van der Waals surface area contributed by atoms with Crippen molar-refractivity contribution in [2.45, 2.75) is 77.2 Å². The molecule has 0 radical (unpaired) electrons. The first-order valence-electron chi connectivity index (χ1n) is 10.6. The standard InChI is InChI=1S/C22H29N5O5/c1-20(2,3)9-8-15(28)29-11-22(10-23)18-17(30-21(4,5)32-18)16(31-22)13-6-7-14-19(24)25-12-26-27(13)14/h6-7,12,16-18H,8-9,11H2,1-5H3,(H2,24,25,26)/t16-,17-,18-,22+/m0/s1. The van der Waals surface area contributed by atoms with Gasteiger partial charge in [-0.15, -0.1) is 0 Å². The number of fused-ring (bicyclic) bond motifs is 2. The number of esters is 1. The first-order valence-corrected chi connectivity index (χ1v) is 10.6. The van der Waals surface area contributed by atoms with Crippen LogP contribution in [0.3, 0.4) is 0 Å². The third-order valence-electron chi connectivity index (χ3n) is 5.74. The lowest BCUT2D eigenvalue weighted by Gasteiger charge is -2.29. The van der Waals surface area contributed by atoms with Gasteiger partial charge >= 0.3 is 5.97 Å². The number of anilines is 1. The van der Waals surface area contributed by atoms with E-state index in [1.807, 2.05) is 0 Å². The van der Waals surface area contributed by atoms with Crippen LogP contribution in [0.1, 0.15) is 59.3 Å². The third kappa shape index (κ3) is 4.03. The lowest BCUT2D eigenvalue weighted by Crippen LogP contribution is -2.46. The van der Waals surface area contributed by atoms with Gasteiger partial charge in [-0.3, -0.25) is 4.79 Å². The molecule has 2 aromatic heterocycles. The largest absolute Gasteiger partial charge is 0.461 e. The summed E-state index contributed by atoms with van der Waals surface area (Å²) in [6, 6.07) is 5.78. The van der Waals surface area contributed by atoms with E-state index < -0.39 is 29.7 Å². The Morgan fingerprint density at radius 3 is 2.75 bits per heavy atom. The van der Waals surface area contributed by atoms with Crippen LogP contribution in [-0.2, 0) is 23.7 Å². The molecule has 4 atom stereocenters. The zero-order chi connectivity index (χ0) is 23.3. The molecule has 0 amide bonds. The van der Waals surface area contributed by atoms with E-state index in [9.17, 15) is 10.1 Å². The third-order valence-corrected chi connectivity index (χ3v) is 5.74. The number of nitrogens with zero attached hydrogens (tertiary/aromatic N) is 4. The summed E-state index contributed by atoms with van der Waals surface area (Å²) in [5.41, 5.74) is 5.69. The lowest BCUT2D eigenvalue weighted by molar-refractivity contribution is -0.208. The molecule has 10 heteroatoms. The summed E-state index contributed by atoms with van der Waals surface area (Å²) < 4.78 is 25.5. The molecule has 2 aliphatic heterocycles. The maximum atomic E-state index is 12.4. The maximum Gasteiger partial charge on any atom is 0.305 e. The number of carbonyl (C=O) groups is 1. The van der Waals surface area contributed by atoms with Crippen molar-refractivity contribution in [2.24, 2.45) is 5.41 Å². The SMILES string of the molecule is CC(C)(C)CCC(=O)OC[C@@]1(C#N)O[C@@H](c2ccc3c(N)ncnn23)[C@@H]2OC(C)(C)O[C@@H]21. The maximum absolute atomic E-state index is 12.4. The van der Waals surface area contributed by atoms with Gasteiger partial charge in [0.05, 0.1) is 5.69 Å². The number of carbonyl (C=O) groups excluding carboxylic acids is 1. The van der Waals surface area contributed by atoms with E-state index in [4.69, 9.17) is 24.7 Å². The number of nitrogen functional groups attached to an aromatic ring is 1. The Hall–Kier alpha value is -2.74. The molecule has 0 bridgehead atoms. The Morgan fingerprint density at radius 1 is 1.31 bits per heavy atom. The molecular weight excluding hydrogens is 414 g/mol. The van der Waals surface area contributed by atoms with Crippen molar-refractivity contribution in [1.82, 2.24) is 14.6 Å². The molecule has 32 heavy (non-hydrogen) atoms. The Labute approximate surface area is 186 Å². The normalized spacial score (nSPS) is 29.1. The van der Waals surface area contributed by atoms with Gasteiger partial charge in [-0.25, -0.2) is 9.50 Å². The zero-order valence-corrected chi connectivity index (χ0v) is 19.0. The fourth-order valence-corrected chi connectivity index (χ4v) is 4.12. The summed E-state index contributed by atoms with van der Waals surface area (Å²) in [5, 5.41) is 14.4. The van der Waals surface area contributed by atoms with Crippen molar-refractivity contribution in [3.05, 3.63) is 24.2 Å². The molecule has 2 fully saturated rings. The second kappa shape index (κ2) is 7.69. The number of nitriles is 1. The number of hydrogen-bond donors (Lipinski definition) is 1. The molecule has 0 spiro atoms. The summed E-state index contributed by atoms with van der Waals surface area (Å²) in [7, 11) is 0. The van der Waals surface area contributed by atoms with E-state index in [0.29, 0.717) is 23.4 Å². The first kappa shape index (κ1) is 22.5. The van der Waals surface area contributed by atoms with Crippen LogP contribution in [-0.4, -0.2) is 50.8 Å². The van der Waals surface area contributed by atoms with Crippen molar-refractivity contribution in [3.8, 4) is 6.07 Å². The van der Waals surface area contributed by atoms with Crippen LogP contribution in [0.25, 0.3) is 5.52 Å². The van der Waals surface area contributed by atoms with Crippen molar-refractivity contribution in [1.29, 1.82) is 5.26 Å². The average Bonchev–Trinajstić information content (AvgIpc) is 3.35. The van der Waals surface area contributed by atoms with Gasteiger partial charge in [-0.05, 0) is 37.8 Å².